The van der Waals surface area contributed by atoms with Crippen LogP contribution in [0.2, 0.25) is 5.02 Å². The number of likely N-dealkylation sites (N-methyl/N-ethyl adjacent to an activating group) is 1. The number of aliphatic hydroxyl groups is 1. The SMILES string of the molecule is COC1=CC(F)C([C@H]2C(N(C)C(=O)c3ccc(Cl)cc3)C(=O)N(c3cccc(N4CC[C@@H](O)C4)n3)[C@@H]2C)C(F)=C1. The zero-order valence-electron chi connectivity index (χ0n) is 22.4. The van der Waals surface area contributed by atoms with Gasteiger partial charge in [-0.2, -0.15) is 0 Å². The molecule has 212 valence electrons. The summed E-state index contributed by atoms with van der Waals surface area (Å²) in [6, 6.07) is 9.51. The molecule has 6 atom stereocenters. The van der Waals surface area contributed by atoms with E-state index in [-0.39, 0.29) is 11.3 Å². The molecular formula is C29H31ClF2N4O4. The molecule has 2 amide bonds. The van der Waals surface area contributed by atoms with Gasteiger partial charge in [-0.25, -0.2) is 13.8 Å². The van der Waals surface area contributed by atoms with Gasteiger partial charge in [-0.3, -0.25) is 14.5 Å². The second kappa shape index (κ2) is 11.2. The zero-order valence-corrected chi connectivity index (χ0v) is 23.1. The molecule has 11 heteroatoms. The molecule has 0 bridgehead atoms. The highest BCUT2D eigenvalue weighted by Crippen LogP contribution is 2.44. The number of ether oxygens (including phenoxy) is 1. The van der Waals surface area contributed by atoms with Crippen LogP contribution >= 0.6 is 11.6 Å². The molecule has 1 aliphatic carbocycles. The molecule has 2 saturated heterocycles. The predicted octanol–water partition coefficient (Wildman–Crippen LogP) is 4.15. The van der Waals surface area contributed by atoms with Crippen molar-refractivity contribution in [2.45, 2.75) is 37.7 Å². The molecule has 2 aliphatic heterocycles. The number of amides is 2. The van der Waals surface area contributed by atoms with Gasteiger partial charge in [0.05, 0.1) is 19.1 Å². The number of pyridine rings is 1. The van der Waals surface area contributed by atoms with Crippen molar-refractivity contribution in [3.05, 3.63) is 76.8 Å². The Balaban J connectivity index is 1.54. The minimum Gasteiger partial charge on any atom is -0.497 e. The number of hydrogen-bond donors (Lipinski definition) is 1. The fourth-order valence-corrected chi connectivity index (χ4v) is 6.12. The Morgan fingerprint density at radius 1 is 1.20 bits per heavy atom. The third kappa shape index (κ3) is 5.06. The molecule has 0 spiro atoms. The van der Waals surface area contributed by atoms with Gasteiger partial charge in [-0.05, 0) is 55.8 Å². The van der Waals surface area contributed by atoms with Crippen molar-refractivity contribution in [2.24, 2.45) is 11.8 Å². The number of alkyl halides is 1. The second-order valence-electron chi connectivity index (χ2n) is 10.4. The van der Waals surface area contributed by atoms with Crippen LogP contribution in [-0.2, 0) is 9.53 Å². The second-order valence-corrected chi connectivity index (χ2v) is 10.8. The third-order valence-corrected chi connectivity index (χ3v) is 8.27. The number of aliphatic hydroxyl groups excluding tert-OH is 1. The number of methoxy groups -OCH3 is 1. The van der Waals surface area contributed by atoms with E-state index in [1.165, 1.54) is 30.0 Å². The van der Waals surface area contributed by atoms with E-state index >= 15 is 8.78 Å². The van der Waals surface area contributed by atoms with Gasteiger partial charge in [0.1, 0.15) is 35.4 Å². The number of carbonyl (C=O) groups excluding carboxylic acids is 2. The fraction of sp³-hybridized carbons (Fsp3) is 0.414. The van der Waals surface area contributed by atoms with E-state index in [0.29, 0.717) is 36.2 Å². The van der Waals surface area contributed by atoms with E-state index in [0.717, 1.165) is 6.08 Å². The third-order valence-electron chi connectivity index (χ3n) is 8.02. The average molecular weight is 573 g/mol. The molecule has 1 aromatic carbocycles. The lowest BCUT2D eigenvalue weighted by molar-refractivity contribution is -0.121. The summed E-state index contributed by atoms with van der Waals surface area (Å²) in [5, 5.41) is 10.4. The number of carbonyl (C=O) groups is 2. The number of rotatable bonds is 6. The van der Waals surface area contributed by atoms with Crippen molar-refractivity contribution >= 4 is 35.1 Å². The highest BCUT2D eigenvalue weighted by molar-refractivity contribution is 6.30. The molecule has 0 saturated carbocycles. The van der Waals surface area contributed by atoms with Gasteiger partial charge in [0.15, 0.2) is 0 Å². The van der Waals surface area contributed by atoms with Crippen molar-refractivity contribution < 1.29 is 28.2 Å². The van der Waals surface area contributed by atoms with Crippen molar-refractivity contribution in [3.63, 3.8) is 0 Å². The van der Waals surface area contributed by atoms with Crippen LogP contribution in [0, 0.1) is 11.8 Å². The fourth-order valence-electron chi connectivity index (χ4n) is 6.00. The maximum Gasteiger partial charge on any atom is 0.254 e. The number of benzene rings is 1. The first-order chi connectivity index (χ1) is 19.1. The number of anilines is 2. The van der Waals surface area contributed by atoms with E-state index in [2.05, 4.69) is 4.98 Å². The highest BCUT2D eigenvalue weighted by atomic mass is 35.5. The van der Waals surface area contributed by atoms with Gasteiger partial charge in [0, 0.05) is 48.8 Å². The normalized spacial score (nSPS) is 28.4. The minimum atomic E-state index is -1.79. The van der Waals surface area contributed by atoms with Crippen LogP contribution < -0.4 is 9.80 Å². The summed E-state index contributed by atoms with van der Waals surface area (Å²) < 4.78 is 36.2. The lowest BCUT2D eigenvalue weighted by atomic mass is 9.77. The Hall–Kier alpha value is -3.50. The molecule has 1 aromatic heterocycles. The number of nitrogens with zero attached hydrogens (tertiary/aromatic N) is 4. The van der Waals surface area contributed by atoms with E-state index in [1.807, 2.05) is 4.90 Å². The van der Waals surface area contributed by atoms with Crippen LogP contribution in [0.25, 0.3) is 0 Å². The van der Waals surface area contributed by atoms with Crippen molar-refractivity contribution in [1.82, 2.24) is 9.88 Å². The summed E-state index contributed by atoms with van der Waals surface area (Å²) in [6.45, 7) is 2.74. The quantitative estimate of drug-likeness (QED) is 0.560. The minimum absolute atomic E-state index is 0.0550. The molecule has 5 rings (SSSR count). The number of aromatic nitrogens is 1. The van der Waals surface area contributed by atoms with E-state index < -0.39 is 53.8 Å². The molecule has 3 heterocycles. The van der Waals surface area contributed by atoms with Crippen LogP contribution in [-0.4, -0.2) is 78.4 Å². The van der Waals surface area contributed by atoms with Gasteiger partial charge in [-0.1, -0.05) is 17.7 Å². The average Bonchev–Trinajstić information content (AvgIpc) is 3.48. The van der Waals surface area contributed by atoms with Gasteiger partial charge in [0.2, 0.25) is 0 Å². The summed E-state index contributed by atoms with van der Waals surface area (Å²) in [6.07, 6.45) is 0.660. The summed E-state index contributed by atoms with van der Waals surface area (Å²) in [4.78, 5) is 36.9. The first kappa shape index (κ1) is 28.0. The van der Waals surface area contributed by atoms with Gasteiger partial charge >= 0.3 is 0 Å². The standard InChI is InChI=1S/C29H31ClF2N4O4/c1-16-25(26-21(31)13-20(40-3)14-22(26)32)27(34(2)28(38)17-7-9-18(30)10-8-17)29(39)36(16)24-6-4-5-23(33-24)35-12-11-19(37)15-35/h4-10,13-14,16,19,21,25-27,37H,11-12,15H2,1-3H3/t16-,19-,21?,25+,26?,27?/m1/s1. The van der Waals surface area contributed by atoms with Gasteiger partial charge in [0.25, 0.3) is 11.8 Å². The highest BCUT2D eigenvalue weighted by Gasteiger charge is 2.56. The van der Waals surface area contributed by atoms with Crippen molar-refractivity contribution in [2.75, 3.05) is 37.0 Å². The molecule has 3 unspecified atom stereocenters. The molecule has 3 aliphatic rings. The molecular weight excluding hydrogens is 542 g/mol. The molecule has 0 radical (unpaired) electrons. The summed E-state index contributed by atoms with van der Waals surface area (Å²) in [5.74, 6) is -3.07. The molecule has 2 aromatic rings. The van der Waals surface area contributed by atoms with Gasteiger partial charge in [-0.15, -0.1) is 0 Å². The summed E-state index contributed by atoms with van der Waals surface area (Å²) in [5.41, 5.74) is 0.287. The van der Waals surface area contributed by atoms with E-state index in [1.54, 1.807) is 49.4 Å². The topological polar surface area (TPSA) is 86.2 Å². The largest absolute Gasteiger partial charge is 0.497 e. The van der Waals surface area contributed by atoms with E-state index in [9.17, 15) is 14.7 Å². The smallest absolute Gasteiger partial charge is 0.254 e. The van der Waals surface area contributed by atoms with Crippen molar-refractivity contribution in [1.29, 1.82) is 0 Å². The Labute approximate surface area is 236 Å². The lowest BCUT2D eigenvalue weighted by Crippen LogP contribution is -2.48. The first-order valence-electron chi connectivity index (χ1n) is 13.1. The van der Waals surface area contributed by atoms with Crippen LogP contribution in [0.3, 0.4) is 0 Å². The Morgan fingerprint density at radius 3 is 2.52 bits per heavy atom. The molecule has 2 fully saturated rings. The number of halogens is 3. The Bertz CT molecular complexity index is 1350. The number of allylic oxidation sites excluding steroid dienone is 3. The summed E-state index contributed by atoms with van der Waals surface area (Å²) in [7, 11) is 2.79. The van der Waals surface area contributed by atoms with Crippen LogP contribution in [0.15, 0.2) is 66.2 Å². The zero-order chi connectivity index (χ0) is 28.7. The van der Waals surface area contributed by atoms with Crippen LogP contribution in [0.4, 0.5) is 20.4 Å². The van der Waals surface area contributed by atoms with Crippen LogP contribution in [0.1, 0.15) is 23.7 Å². The van der Waals surface area contributed by atoms with Gasteiger partial charge < -0.3 is 19.6 Å². The lowest BCUT2D eigenvalue weighted by Gasteiger charge is -2.35. The number of β-amino-alcohol motifs (C(OH)–C–C–N with tert-alkyl or cyclic N) is 1. The predicted molar refractivity (Wildman–Crippen MR) is 148 cm³/mol. The van der Waals surface area contributed by atoms with Crippen molar-refractivity contribution in [3.8, 4) is 0 Å². The Morgan fingerprint density at radius 2 is 1.90 bits per heavy atom. The molecule has 8 nitrogen and oxygen atoms in total. The molecule has 1 N–H and O–H groups in total. The first-order valence-corrected chi connectivity index (χ1v) is 13.5. The Kier molecular flexibility index (Phi) is 7.83. The monoisotopic (exact) mass is 572 g/mol. The maximum absolute atomic E-state index is 15.6. The maximum atomic E-state index is 15.6. The van der Waals surface area contributed by atoms with E-state index in [4.69, 9.17) is 16.3 Å². The summed E-state index contributed by atoms with van der Waals surface area (Å²) >= 11 is 5.99. The number of hydrogen-bond acceptors (Lipinski definition) is 6. The van der Waals surface area contributed by atoms with Crippen LogP contribution in [0.5, 0.6) is 0 Å². The molecule has 40 heavy (non-hydrogen) atoms.